The van der Waals surface area contributed by atoms with Gasteiger partial charge >= 0.3 is 0 Å². The third kappa shape index (κ3) is 4.92. The highest BCUT2D eigenvalue weighted by Crippen LogP contribution is 2.40. The Hall–Kier alpha value is -3.56. The van der Waals surface area contributed by atoms with E-state index in [0.29, 0.717) is 30.1 Å². The lowest BCUT2D eigenvalue weighted by Crippen LogP contribution is -2.56. The lowest BCUT2D eigenvalue weighted by atomic mass is 9.72. The van der Waals surface area contributed by atoms with Gasteiger partial charge in [0.25, 0.3) is 0 Å². The van der Waals surface area contributed by atoms with Crippen molar-refractivity contribution in [2.24, 2.45) is 11.8 Å². The predicted octanol–water partition coefficient (Wildman–Crippen LogP) is 4.05. The lowest BCUT2D eigenvalue weighted by molar-refractivity contribution is -0.139. The number of anilines is 1. The van der Waals surface area contributed by atoms with Crippen LogP contribution in [0.15, 0.2) is 60.7 Å². The van der Waals surface area contributed by atoms with Crippen LogP contribution in [-0.4, -0.2) is 75.3 Å². The van der Waals surface area contributed by atoms with Gasteiger partial charge in [0.05, 0.1) is 17.6 Å². The summed E-state index contributed by atoms with van der Waals surface area (Å²) in [5, 5.41) is 0. The Bertz CT molecular complexity index is 1500. The summed E-state index contributed by atoms with van der Waals surface area (Å²) in [7, 11) is 2.20. The van der Waals surface area contributed by atoms with Crippen molar-refractivity contribution in [2.45, 2.75) is 31.9 Å². The van der Waals surface area contributed by atoms with Gasteiger partial charge in [0.1, 0.15) is 23.7 Å². The quantitative estimate of drug-likeness (QED) is 0.369. The van der Waals surface area contributed by atoms with E-state index in [2.05, 4.69) is 77.9 Å². The van der Waals surface area contributed by atoms with Crippen LogP contribution in [0, 0.1) is 11.8 Å². The molecule has 2 aromatic carbocycles. The minimum atomic E-state index is 0.0345. The minimum absolute atomic E-state index is 0.0345. The van der Waals surface area contributed by atoms with E-state index in [1.54, 1.807) is 0 Å². The van der Waals surface area contributed by atoms with Crippen molar-refractivity contribution in [3.63, 3.8) is 0 Å². The molecule has 206 valence electrons. The molecule has 0 spiro atoms. The number of likely N-dealkylation sites (tertiary alicyclic amines) is 1. The molecule has 1 amide bonds. The Morgan fingerprint density at radius 3 is 2.67 bits per heavy atom. The molecule has 2 aromatic heterocycles. The van der Waals surface area contributed by atoms with Crippen LogP contribution in [0.25, 0.3) is 11.2 Å². The molecule has 2 fully saturated rings. The number of nitrogens with zero attached hydrogens (tertiary/aromatic N) is 6. The standard InChI is InChI=1S/C31H34N6O2S/c1-35-19-24(31(38)37-14-12-36(13-15-37)29-11-10-26-30(32-29)34-40-33-26)16-23-17-25-22(18-27(23)35)8-5-9-28(25)39-20-21-6-3-2-4-7-21/h2-11,23-24,27H,12-20H2,1H3/t23-,24-,27-/m1/s1. The van der Waals surface area contributed by atoms with Gasteiger partial charge in [-0.25, -0.2) is 4.98 Å². The van der Waals surface area contributed by atoms with Gasteiger partial charge in [0, 0.05) is 38.8 Å². The largest absolute Gasteiger partial charge is 0.489 e. The number of likely N-dealkylation sites (N-methyl/N-ethyl adjacent to an activating group) is 1. The fraction of sp³-hybridized carbons (Fsp3) is 0.419. The van der Waals surface area contributed by atoms with Crippen LogP contribution in [-0.2, 0) is 24.2 Å². The second-order valence-electron chi connectivity index (χ2n) is 11.4. The van der Waals surface area contributed by atoms with Gasteiger partial charge in [-0.15, -0.1) is 0 Å². The van der Waals surface area contributed by atoms with E-state index in [9.17, 15) is 4.79 Å². The van der Waals surface area contributed by atoms with Crippen molar-refractivity contribution >= 4 is 34.6 Å². The Morgan fingerprint density at radius 1 is 0.975 bits per heavy atom. The van der Waals surface area contributed by atoms with Gasteiger partial charge in [-0.1, -0.05) is 42.5 Å². The summed E-state index contributed by atoms with van der Waals surface area (Å²) in [5.41, 5.74) is 5.42. The number of benzene rings is 2. The first-order valence-corrected chi connectivity index (χ1v) is 15.0. The number of rotatable bonds is 5. The molecular weight excluding hydrogens is 520 g/mol. The molecule has 0 unspecified atom stereocenters. The number of aromatic nitrogens is 3. The topological polar surface area (TPSA) is 74.7 Å². The van der Waals surface area contributed by atoms with Gasteiger partial charge in [0.2, 0.25) is 5.91 Å². The van der Waals surface area contributed by atoms with Gasteiger partial charge in [-0.2, -0.15) is 8.75 Å². The lowest BCUT2D eigenvalue weighted by Gasteiger charge is -2.47. The van der Waals surface area contributed by atoms with Crippen LogP contribution < -0.4 is 9.64 Å². The van der Waals surface area contributed by atoms with Crippen LogP contribution in [0.1, 0.15) is 23.1 Å². The number of amides is 1. The molecule has 0 bridgehead atoms. The van der Waals surface area contributed by atoms with Crippen molar-refractivity contribution in [3.8, 4) is 5.75 Å². The minimum Gasteiger partial charge on any atom is -0.489 e. The summed E-state index contributed by atoms with van der Waals surface area (Å²) in [5.74, 6) is 2.69. The number of ether oxygens (including phenoxy) is 1. The molecule has 2 aliphatic heterocycles. The zero-order chi connectivity index (χ0) is 27.1. The van der Waals surface area contributed by atoms with Crippen molar-refractivity contribution in [2.75, 3.05) is 44.7 Å². The van der Waals surface area contributed by atoms with E-state index in [1.807, 2.05) is 18.2 Å². The number of pyridine rings is 1. The normalized spacial score (nSPS) is 23.1. The molecule has 3 aliphatic rings. The Balaban J connectivity index is 1.00. The number of carbonyl (C=O) groups is 1. The molecule has 2 saturated heterocycles. The first-order chi connectivity index (χ1) is 19.6. The van der Waals surface area contributed by atoms with E-state index in [0.717, 1.165) is 69.1 Å². The summed E-state index contributed by atoms with van der Waals surface area (Å²) in [6.07, 6.45) is 2.92. The first kappa shape index (κ1) is 25.4. The maximum atomic E-state index is 13.8. The number of piperidine rings is 1. The van der Waals surface area contributed by atoms with E-state index in [1.165, 1.54) is 28.4 Å². The average Bonchev–Trinajstić information content (AvgIpc) is 3.48. The van der Waals surface area contributed by atoms with Crippen LogP contribution in [0.5, 0.6) is 5.75 Å². The van der Waals surface area contributed by atoms with Crippen LogP contribution in [0.3, 0.4) is 0 Å². The first-order valence-electron chi connectivity index (χ1n) is 14.2. The highest BCUT2D eigenvalue weighted by molar-refractivity contribution is 7.00. The highest BCUT2D eigenvalue weighted by atomic mass is 32.1. The molecule has 40 heavy (non-hydrogen) atoms. The van der Waals surface area contributed by atoms with E-state index >= 15 is 0 Å². The molecule has 1 aliphatic carbocycles. The maximum absolute atomic E-state index is 13.8. The fourth-order valence-electron chi connectivity index (χ4n) is 6.82. The molecule has 0 radical (unpaired) electrons. The number of piperazine rings is 1. The number of fused-ring (bicyclic) bond motifs is 3. The smallest absolute Gasteiger partial charge is 0.227 e. The van der Waals surface area contributed by atoms with Crippen molar-refractivity contribution in [3.05, 3.63) is 77.4 Å². The Kier molecular flexibility index (Phi) is 6.85. The van der Waals surface area contributed by atoms with Crippen LogP contribution in [0.4, 0.5) is 5.82 Å². The molecular formula is C31H34N6O2S. The SMILES string of the molecule is CN1C[C@H](C(=O)N2CCN(c3ccc4nsnc4n3)CC2)C[C@@H]2Cc3c(cccc3OCc3ccccc3)C[C@H]21. The monoisotopic (exact) mass is 554 g/mol. The summed E-state index contributed by atoms with van der Waals surface area (Å²) in [4.78, 5) is 25.2. The van der Waals surface area contributed by atoms with Crippen molar-refractivity contribution < 1.29 is 9.53 Å². The summed E-state index contributed by atoms with van der Waals surface area (Å²) >= 11 is 1.19. The van der Waals surface area contributed by atoms with Gasteiger partial charge in [-0.05, 0) is 67.1 Å². The summed E-state index contributed by atoms with van der Waals surface area (Å²) in [6, 6.07) is 21.3. The zero-order valence-electron chi connectivity index (χ0n) is 22.8. The van der Waals surface area contributed by atoms with Crippen molar-refractivity contribution in [1.82, 2.24) is 23.5 Å². The molecule has 8 nitrogen and oxygen atoms in total. The second kappa shape index (κ2) is 10.8. The summed E-state index contributed by atoms with van der Waals surface area (Å²) < 4.78 is 14.9. The van der Waals surface area contributed by atoms with E-state index < -0.39 is 0 Å². The van der Waals surface area contributed by atoms with Crippen molar-refractivity contribution in [1.29, 1.82) is 0 Å². The molecule has 9 heteroatoms. The molecule has 3 atom stereocenters. The van der Waals surface area contributed by atoms with E-state index in [4.69, 9.17) is 4.74 Å². The Labute approximate surface area is 238 Å². The fourth-order valence-corrected chi connectivity index (χ4v) is 7.30. The number of hydrogen-bond donors (Lipinski definition) is 0. The predicted molar refractivity (Wildman–Crippen MR) is 157 cm³/mol. The molecule has 0 N–H and O–H groups in total. The molecule has 0 saturated carbocycles. The second-order valence-corrected chi connectivity index (χ2v) is 11.9. The third-order valence-corrected chi connectivity index (χ3v) is 9.47. The van der Waals surface area contributed by atoms with E-state index in [-0.39, 0.29) is 5.92 Å². The molecule has 4 heterocycles. The number of hydrogen-bond acceptors (Lipinski definition) is 8. The van der Waals surface area contributed by atoms with Gasteiger partial charge in [0.15, 0.2) is 5.65 Å². The van der Waals surface area contributed by atoms with Crippen LogP contribution >= 0.6 is 11.7 Å². The highest BCUT2D eigenvalue weighted by Gasteiger charge is 2.42. The number of carbonyl (C=O) groups excluding carboxylic acids is 1. The average molecular weight is 555 g/mol. The van der Waals surface area contributed by atoms with Gasteiger partial charge in [-0.3, -0.25) is 4.79 Å². The molecule has 4 aromatic rings. The van der Waals surface area contributed by atoms with Gasteiger partial charge < -0.3 is 19.4 Å². The maximum Gasteiger partial charge on any atom is 0.227 e. The Morgan fingerprint density at radius 2 is 1.82 bits per heavy atom. The summed E-state index contributed by atoms with van der Waals surface area (Å²) in [6.45, 7) is 4.42. The molecule has 7 rings (SSSR count). The third-order valence-electron chi connectivity index (χ3n) is 8.94. The zero-order valence-corrected chi connectivity index (χ0v) is 23.6. The van der Waals surface area contributed by atoms with Crippen LogP contribution in [0.2, 0.25) is 0 Å².